The lowest BCUT2D eigenvalue weighted by Gasteiger charge is -2.10. The second kappa shape index (κ2) is 6.92. The number of rotatable bonds is 5. The minimum atomic E-state index is 0.0563. The summed E-state index contributed by atoms with van der Waals surface area (Å²) in [5.74, 6) is 1.22. The van der Waals surface area contributed by atoms with Gasteiger partial charge in [0.25, 0.3) is 0 Å². The fraction of sp³-hybridized carbons (Fsp3) is 0.263. The van der Waals surface area contributed by atoms with Crippen molar-refractivity contribution in [3.63, 3.8) is 0 Å². The van der Waals surface area contributed by atoms with Crippen LogP contribution in [0, 0.1) is 13.8 Å². The van der Waals surface area contributed by atoms with Crippen LogP contribution in [0.3, 0.4) is 0 Å². The highest BCUT2D eigenvalue weighted by Crippen LogP contribution is 2.27. The molecule has 0 N–H and O–H groups in total. The van der Waals surface area contributed by atoms with Crippen LogP contribution in [0.5, 0.6) is 5.75 Å². The number of nitrogens with zero attached hydrogens (tertiary/aromatic N) is 4. The molecule has 1 aliphatic rings. The summed E-state index contributed by atoms with van der Waals surface area (Å²) in [4.78, 5) is 12.6. The van der Waals surface area contributed by atoms with Gasteiger partial charge in [-0.3, -0.25) is 4.79 Å². The Morgan fingerprint density at radius 2 is 2.04 bits per heavy atom. The maximum Gasteiger partial charge on any atom is 0.214 e. The van der Waals surface area contributed by atoms with Crippen molar-refractivity contribution >= 4 is 17.5 Å². The van der Waals surface area contributed by atoms with Crippen molar-refractivity contribution in [2.24, 2.45) is 0 Å². The molecule has 3 aromatic rings. The summed E-state index contributed by atoms with van der Waals surface area (Å²) in [6, 6.07) is 11.7. The van der Waals surface area contributed by atoms with Crippen LogP contribution in [0.25, 0.3) is 5.69 Å². The van der Waals surface area contributed by atoms with E-state index in [2.05, 4.69) is 15.5 Å². The molecule has 2 heterocycles. The second-order valence-electron chi connectivity index (χ2n) is 6.25. The normalized spacial score (nSPS) is 12.7. The lowest BCUT2D eigenvalue weighted by molar-refractivity contribution is 0.102. The van der Waals surface area contributed by atoms with Crippen LogP contribution >= 0.6 is 11.8 Å². The number of ether oxygens (including phenoxy) is 1. The van der Waals surface area contributed by atoms with Crippen LogP contribution in [-0.2, 0) is 6.42 Å². The van der Waals surface area contributed by atoms with Crippen molar-refractivity contribution in [2.75, 3.05) is 12.4 Å². The number of Topliss-reactive ketones (excluding diaryl/α,β-unsaturated/α-hetero) is 1. The number of thioether (sulfide) groups is 1. The maximum atomic E-state index is 12.6. The van der Waals surface area contributed by atoms with Gasteiger partial charge in [0.05, 0.1) is 18.0 Å². The molecule has 0 saturated heterocycles. The minimum Gasteiger partial charge on any atom is -0.493 e. The van der Waals surface area contributed by atoms with Gasteiger partial charge in [0, 0.05) is 12.0 Å². The van der Waals surface area contributed by atoms with Gasteiger partial charge in [-0.05, 0) is 59.2 Å². The van der Waals surface area contributed by atoms with E-state index >= 15 is 0 Å². The number of tetrazole rings is 1. The lowest BCUT2D eigenvalue weighted by atomic mass is 10.1. The largest absolute Gasteiger partial charge is 0.493 e. The molecule has 0 saturated carbocycles. The molecule has 1 aliphatic heterocycles. The number of aryl methyl sites for hydroxylation is 2. The Kier molecular flexibility index (Phi) is 4.46. The van der Waals surface area contributed by atoms with Gasteiger partial charge in [-0.25, -0.2) is 0 Å². The van der Waals surface area contributed by atoms with Crippen molar-refractivity contribution in [1.82, 2.24) is 20.2 Å². The number of para-hydroxylation sites is 1. The first-order valence-electron chi connectivity index (χ1n) is 8.40. The SMILES string of the molecule is Cc1cccc(C)c1-n1nnnc1SCC(=O)c1ccc2c(c1)CCO2. The Balaban J connectivity index is 1.53. The second-order valence-corrected chi connectivity index (χ2v) is 7.19. The quantitative estimate of drug-likeness (QED) is 0.510. The topological polar surface area (TPSA) is 69.9 Å². The minimum absolute atomic E-state index is 0.0563. The third-order valence-electron chi connectivity index (χ3n) is 4.44. The van der Waals surface area contributed by atoms with Gasteiger partial charge in [-0.2, -0.15) is 4.68 Å². The zero-order valence-corrected chi connectivity index (χ0v) is 15.4. The Morgan fingerprint density at radius 1 is 1.23 bits per heavy atom. The summed E-state index contributed by atoms with van der Waals surface area (Å²) in [7, 11) is 0. The summed E-state index contributed by atoms with van der Waals surface area (Å²) >= 11 is 1.35. The van der Waals surface area contributed by atoms with Crippen molar-refractivity contribution < 1.29 is 9.53 Å². The number of aromatic nitrogens is 4. The first-order chi connectivity index (χ1) is 12.6. The van der Waals surface area contributed by atoms with Crippen molar-refractivity contribution in [3.8, 4) is 11.4 Å². The van der Waals surface area contributed by atoms with E-state index in [1.54, 1.807) is 4.68 Å². The van der Waals surface area contributed by atoms with Crippen LogP contribution in [-0.4, -0.2) is 38.4 Å². The van der Waals surface area contributed by atoms with E-state index < -0.39 is 0 Å². The molecule has 4 rings (SSSR count). The number of benzene rings is 2. The molecule has 0 radical (unpaired) electrons. The van der Waals surface area contributed by atoms with E-state index in [-0.39, 0.29) is 11.5 Å². The smallest absolute Gasteiger partial charge is 0.214 e. The van der Waals surface area contributed by atoms with Crippen LogP contribution < -0.4 is 4.74 Å². The van der Waals surface area contributed by atoms with Gasteiger partial charge in [0.15, 0.2) is 5.78 Å². The highest BCUT2D eigenvalue weighted by molar-refractivity contribution is 7.99. The molecule has 0 spiro atoms. The van der Waals surface area contributed by atoms with Crippen molar-refractivity contribution in [1.29, 1.82) is 0 Å². The molecule has 0 fully saturated rings. The van der Waals surface area contributed by atoms with Crippen LogP contribution in [0.2, 0.25) is 0 Å². The average molecular weight is 366 g/mol. The number of hydrogen-bond acceptors (Lipinski definition) is 6. The summed E-state index contributed by atoms with van der Waals surface area (Å²) in [5.41, 5.74) is 4.93. The van der Waals surface area contributed by atoms with E-state index in [9.17, 15) is 4.79 Å². The molecular weight excluding hydrogens is 348 g/mol. The maximum absolute atomic E-state index is 12.6. The third-order valence-corrected chi connectivity index (χ3v) is 5.36. The highest BCUT2D eigenvalue weighted by atomic mass is 32.2. The van der Waals surface area contributed by atoms with Crippen LogP contribution in [0.15, 0.2) is 41.6 Å². The zero-order chi connectivity index (χ0) is 18.1. The molecule has 7 heteroatoms. The van der Waals surface area contributed by atoms with Gasteiger partial charge in [-0.15, -0.1) is 5.10 Å². The number of fused-ring (bicyclic) bond motifs is 1. The number of carbonyl (C=O) groups excluding carboxylic acids is 1. The molecule has 6 nitrogen and oxygen atoms in total. The summed E-state index contributed by atoms with van der Waals surface area (Å²) in [5, 5.41) is 12.6. The molecule has 0 atom stereocenters. The summed E-state index contributed by atoms with van der Waals surface area (Å²) < 4.78 is 7.20. The standard InChI is InChI=1S/C19H18N4O2S/c1-12-4-3-5-13(2)18(12)23-19(20-21-22-23)26-11-16(24)14-6-7-17-15(10-14)8-9-25-17/h3-7,10H,8-9,11H2,1-2H3. The first-order valence-corrected chi connectivity index (χ1v) is 9.39. The third kappa shape index (κ3) is 3.10. The molecule has 132 valence electrons. The molecule has 0 aliphatic carbocycles. The van der Waals surface area contributed by atoms with Gasteiger partial charge < -0.3 is 4.74 Å². The Morgan fingerprint density at radius 3 is 2.85 bits per heavy atom. The van der Waals surface area contributed by atoms with E-state index in [1.807, 2.05) is 50.2 Å². The van der Waals surface area contributed by atoms with E-state index in [1.165, 1.54) is 11.8 Å². The number of ketones is 1. The fourth-order valence-corrected chi connectivity index (χ4v) is 3.89. The molecule has 0 bridgehead atoms. The number of hydrogen-bond donors (Lipinski definition) is 0. The van der Waals surface area contributed by atoms with Crippen molar-refractivity contribution in [3.05, 3.63) is 58.7 Å². The van der Waals surface area contributed by atoms with E-state index in [0.29, 0.717) is 17.3 Å². The molecule has 1 aromatic heterocycles. The Labute approximate surface area is 155 Å². The van der Waals surface area contributed by atoms with Gasteiger partial charge in [0.1, 0.15) is 5.75 Å². The monoisotopic (exact) mass is 366 g/mol. The first kappa shape index (κ1) is 16.8. The molecule has 0 unspecified atom stereocenters. The molecule has 0 amide bonds. The summed E-state index contributed by atoms with van der Waals surface area (Å²) in [6.07, 6.45) is 0.856. The van der Waals surface area contributed by atoms with Gasteiger partial charge >= 0.3 is 0 Å². The predicted molar refractivity (Wildman–Crippen MR) is 99.3 cm³/mol. The van der Waals surface area contributed by atoms with Crippen LogP contribution in [0.1, 0.15) is 27.0 Å². The lowest BCUT2D eigenvalue weighted by Crippen LogP contribution is -2.07. The molecular formula is C19H18N4O2S. The van der Waals surface area contributed by atoms with Crippen molar-refractivity contribution in [2.45, 2.75) is 25.4 Å². The molecule has 26 heavy (non-hydrogen) atoms. The highest BCUT2D eigenvalue weighted by Gasteiger charge is 2.18. The van der Waals surface area contributed by atoms with E-state index in [0.717, 1.165) is 34.5 Å². The molecule has 2 aromatic carbocycles. The zero-order valence-electron chi connectivity index (χ0n) is 14.6. The Hall–Kier alpha value is -2.67. The number of carbonyl (C=O) groups is 1. The van der Waals surface area contributed by atoms with Gasteiger partial charge in [0.2, 0.25) is 5.16 Å². The van der Waals surface area contributed by atoms with Gasteiger partial charge in [-0.1, -0.05) is 30.0 Å². The summed E-state index contributed by atoms with van der Waals surface area (Å²) in [6.45, 7) is 4.73. The Bertz CT molecular complexity index is 963. The average Bonchev–Trinajstić information content (AvgIpc) is 3.28. The van der Waals surface area contributed by atoms with Crippen LogP contribution in [0.4, 0.5) is 0 Å². The predicted octanol–water partition coefficient (Wildman–Crippen LogP) is 3.19. The van der Waals surface area contributed by atoms with E-state index in [4.69, 9.17) is 4.74 Å². The fourth-order valence-electron chi connectivity index (χ4n) is 3.12.